The Bertz CT molecular complexity index is 892. The second kappa shape index (κ2) is 7.07. The summed E-state index contributed by atoms with van der Waals surface area (Å²) in [6.45, 7) is 1.56. The number of nitrogen functional groups attached to an aromatic ring is 1. The smallest absolute Gasteiger partial charge is 0.220 e. The van der Waals surface area contributed by atoms with Crippen molar-refractivity contribution in [1.82, 2.24) is 15.0 Å². The van der Waals surface area contributed by atoms with Crippen LogP contribution in [0.15, 0.2) is 36.5 Å². The molecule has 1 aromatic carbocycles. The van der Waals surface area contributed by atoms with Gasteiger partial charge < -0.3 is 10.5 Å². The normalized spacial score (nSPS) is 15.4. The van der Waals surface area contributed by atoms with Crippen LogP contribution in [0.1, 0.15) is 23.8 Å². The molecule has 0 saturated carbocycles. The largest absolute Gasteiger partial charge is 0.381 e. The number of halogens is 1. The summed E-state index contributed by atoms with van der Waals surface area (Å²) in [7, 11) is 0. The van der Waals surface area contributed by atoms with E-state index in [0.717, 1.165) is 52.9 Å². The molecule has 0 amide bonds. The van der Waals surface area contributed by atoms with E-state index in [9.17, 15) is 0 Å². The molecule has 2 aromatic heterocycles. The predicted octanol–water partition coefficient (Wildman–Crippen LogP) is 4.40. The molecule has 7 heteroatoms. The zero-order valence-corrected chi connectivity index (χ0v) is 15.1. The lowest BCUT2D eigenvalue weighted by Crippen LogP contribution is -2.13. The first kappa shape index (κ1) is 16.4. The van der Waals surface area contributed by atoms with Crippen molar-refractivity contribution in [3.05, 3.63) is 46.6 Å². The van der Waals surface area contributed by atoms with Gasteiger partial charge in [-0.15, -0.1) is 11.3 Å². The zero-order chi connectivity index (χ0) is 17.2. The van der Waals surface area contributed by atoms with Crippen LogP contribution in [0.3, 0.4) is 0 Å². The molecule has 0 atom stereocenters. The number of rotatable bonds is 3. The summed E-state index contributed by atoms with van der Waals surface area (Å²) in [4.78, 5) is 14.3. The van der Waals surface area contributed by atoms with E-state index < -0.39 is 0 Å². The average molecular weight is 373 g/mol. The van der Waals surface area contributed by atoms with E-state index in [1.165, 1.54) is 0 Å². The van der Waals surface area contributed by atoms with Crippen molar-refractivity contribution in [2.75, 3.05) is 18.9 Å². The number of anilines is 1. The molecule has 1 aliphatic heterocycles. The van der Waals surface area contributed by atoms with Gasteiger partial charge in [-0.05, 0) is 25.0 Å². The summed E-state index contributed by atoms with van der Waals surface area (Å²) in [5, 5.41) is 1.78. The van der Waals surface area contributed by atoms with Crippen molar-refractivity contribution in [2.45, 2.75) is 18.8 Å². The quantitative estimate of drug-likeness (QED) is 0.737. The minimum atomic E-state index is 0.253. The zero-order valence-electron chi connectivity index (χ0n) is 13.5. The number of nitrogens with two attached hydrogens (primary N) is 1. The summed E-state index contributed by atoms with van der Waals surface area (Å²) >= 11 is 8.09. The Labute approximate surface area is 154 Å². The van der Waals surface area contributed by atoms with E-state index in [2.05, 4.69) is 9.97 Å². The molecule has 0 spiro atoms. The lowest BCUT2D eigenvalue weighted by atomic mass is 10.0. The molecule has 2 N–H and O–H groups in total. The molecule has 0 bridgehead atoms. The van der Waals surface area contributed by atoms with Crippen LogP contribution < -0.4 is 5.73 Å². The van der Waals surface area contributed by atoms with Gasteiger partial charge in [-0.25, -0.2) is 15.0 Å². The van der Waals surface area contributed by atoms with E-state index in [1.807, 2.05) is 30.3 Å². The fourth-order valence-electron chi connectivity index (χ4n) is 2.97. The number of nitrogens with zero attached hydrogens (tertiary/aromatic N) is 3. The molecule has 3 aromatic rings. The SMILES string of the molecule is Nc1nccc(-c2sc(C3CCOCC3)nc2-c2ccccc2Cl)n1. The first-order valence-corrected chi connectivity index (χ1v) is 9.34. The maximum atomic E-state index is 6.43. The minimum absolute atomic E-state index is 0.253. The number of ether oxygens (including phenoxy) is 1. The van der Waals surface area contributed by atoms with Gasteiger partial charge in [0.25, 0.3) is 0 Å². The van der Waals surface area contributed by atoms with Crippen molar-refractivity contribution in [2.24, 2.45) is 0 Å². The van der Waals surface area contributed by atoms with E-state index in [4.69, 9.17) is 27.1 Å². The highest BCUT2D eigenvalue weighted by atomic mass is 35.5. The minimum Gasteiger partial charge on any atom is -0.381 e. The van der Waals surface area contributed by atoms with E-state index in [0.29, 0.717) is 10.9 Å². The fourth-order valence-corrected chi connectivity index (χ4v) is 4.41. The van der Waals surface area contributed by atoms with Crippen LogP contribution in [0.4, 0.5) is 5.95 Å². The third kappa shape index (κ3) is 3.38. The summed E-state index contributed by atoms with van der Waals surface area (Å²) in [6.07, 6.45) is 3.64. The van der Waals surface area contributed by atoms with Crippen molar-refractivity contribution in [3.63, 3.8) is 0 Å². The van der Waals surface area contributed by atoms with Crippen LogP contribution in [0, 0.1) is 0 Å². The van der Waals surface area contributed by atoms with E-state index in [-0.39, 0.29) is 5.95 Å². The van der Waals surface area contributed by atoms with E-state index in [1.54, 1.807) is 17.5 Å². The highest BCUT2D eigenvalue weighted by Gasteiger charge is 2.24. The summed E-state index contributed by atoms with van der Waals surface area (Å²) in [6, 6.07) is 9.60. The Hall–Kier alpha value is -2.02. The van der Waals surface area contributed by atoms with Crippen molar-refractivity contribution < 1.29 is 4.74 Å². The van der Waals surface area contributed by atoms with Gasteiger partial charge in [0.15, 0.2) is 0 Å². The number of benzene rings is 1. The number of hydrogen-bond acceptors (Lipinski definition) is 6. The molecule has 3 heterocycles. The third-order valence-electron chi connectivity index (χ3n) is 4.25. The Morgan fingerprint density at radius 3 is 2.68 bits per heavy atom. The second-order valence-electron chi connectivity index (χ2n) is 5.90. The van der Waals surface area contributed by atoms with Crippen molar-refractivity contribution in [1.29, 1.82) is 0 Å². The van der Waals surface area contributed by atoms with Gasteiger partial charge in [0.2, 0.25) is 5.95 Å². The van der Waals surface area contributed by atoms with Crippen LogP contribution in [-0.4, -0.2) is 28.2 Å². The molecule has 1 aliphatic rings. The highest BCUT2D eigenvalue weighted by Crippen LogP contribution is 2.42. The van der Waals surface area contributed by atoms with Crippen molar-refractivity contribution in [3.8, 4) is 21.8 Å². The highest BCUT2D eigenvalue weighted by molar-refractivity contribution is 7.15. The molecule has 4 rings (SSSR count). The molecule has 0 radical (unpaired) electrons. The van der Waals surface area contributed by atoms with Crippen molar-refractivity contribution >= 4 is 28.9 Å². The lowest BCUT2D eigenvalue weighted by molar-refractivity contribution is 0.0853. The topological polar surface area (TPSA) is 73.9 Å². The Morgan fingerprint density at radius 2 is 1.92 bits per heavy atom. The van der Waals surface area contributed by atoms with Gasteiger partial charge >= 0.3 is 0 Å². The van der Waals surface area contributed by atoms with Crippen LogP contribution in [0.5, 0.6) is 0 Å². The summed E-state index contributed by atoms with van der Waals surface area (Å²) in [5.41, 5.74) is 8.32. The number of thiazole rings is 1. The molecular weight excluding hydrogens is 356 g/mol. The average Bonchev–Trinajstić information content (AvgIpc) is 3.08. The first-order valence-electron chi connectivity index (χ1n) is 8.14. The van der Waals surface area contributed by atoms with Gasteiger partial charge in [0, 0.05) is 30.9 Å². The molecule has 25 heavy (non-hydrogen) atoms. The summed E-state index contributed by atoms with van der Waals surface area (Å²) < 4.78 is 5.48. The molecule has 5 nitrogen and oxygen atoms in total. The van der Waals surface area contributed by atoms with Crippen LogP contribution in [-0.2, 0) is 4.74 Å². The first-order chi connectivity index (χ1) is 12.2. The molecule has 1 fully saturated rings. The standard InChI is InChI=1S/C18H17ClN4OS/c19-13-4-2-1-3-12(13)15-16(14-5-8-21-18(20)22-14)25-17(23-15)11-6-9-24-10-7-11/h1-5,8,11H,6-7,9-10H2,(H2,20,21,22). The number of hydrogen-bond donors (Lipinski definition) is 1. The van der Waals surface area contributed by atoms with Crippen LogP contribution in [0.25, 0.3) is 21.8 Å². The third-order valence-corrected chi connectivity index (χ3v) is 5.82. The Balaban J connectivity index is 1.85. The monoisotopic (exact) mass is 372 g/mol. The van der Waals surface area contributed by atoms with Gasteiger partial charge in [-0.2, -0.15) is 0 Å². The predicted molar refractivity (Wildman–Crippen MR) is 101 cm³/mol. The molecule has 0 aliphatic carbocycles. The maximum Gasteiger partial charge on any atom is 0.220 e. The fraction of sp³-hybridized carbons (Fsp3) is 0.278. The molecular formula is C18H17ClN4OS. The Kier molecular flexibility index (Phi) is 4.65. The van der Waals surface area contributed by atoms with Crippen LogP contribution >= 0.6 is 22.9 Å². The second-order valence-corrected chi connectivity index (χ2v) is 7.33. The lowest BCUT2D eigenvalue weighted by Gasteiger charge is -2.19. The molecule has 128 valence electrons. The molecule has 1 saturated heterocycles. The maximum absolute atomic E-state index is 6.43. The number of aromatic nitrogens is 3. The van der Waals surface area contributed by atoms with Gasteiger partial charge in [0.1, 0.15) is 0 Å². The van der Waals surface area contributed by atoms with Gasteiger partial charge in [-0.1, -0.05) is 29.8 Å². The Morgan fingerprint density at radius 1 is 1.12 bits per heavy atom. The molecule has 0 unspecified atom stereocenters. The van der Waals surface area contributed by atoms with Crippen LogP contribution in [0.2, 0.25) is 5.02 Å². The van der Waals surface area contributed by atoms with Gasteiger partial charge in [0.05, 0.1) is 26.3 Å². The van der Waals surface area contributed by atoms with Gasteiger partial charge in [-0.3, -0.25) is 0 Å². The van der Waals surface area contributed by atoms with E-state index >= 15 is 0 Å². The summed E-state index contributed by atoms with van der Waals surface area (Å²) in [5.74, 6) is 0.663.